The topological polar surface area (TPSA) is 48.8 Å². The molecule has 7 heavy (non-hydrogen) atoms. The maximum Gasteiger partial charge on any atom is 0.00474 e. The highest BCUT2D eigenvalue weighted by atomic mass is 79.9. The molecule has 0 N–H and O–H groups in total. The Labute approximate surface area is 52.4 Å². The van der Waals surface area contributed by atoms with Crippen LogP contribution in [0.3, 0.4) is 0 Å². The van der Waals surface area contributed by atoms with Gasteiger partial charge in [0.1, 0.15) is 0 Å². The van der Waals surface area contributed by atoms with Crippen molar-refractivity contribution in [2.75, 3.05) is 0 Å². The quantitative estimate of drug-likeness (QED) is 0.324. The third kappa shape index (κ3) is 10.8. The van der Waals surface area contributed by atoms with Gasteiger partial charge in [-0.1, -0.05) is 11.2 Å². The molecule has 0 saturated heterocycles. The number of hydrogen-bond donors (Lipinski definition) is 0. The van der Waals surface area contributed by atoms with E-state index in [0.29, 0.717) is 0 Å². The van der Waals surface area contributed by atoms with E-state index in [4.69, 9.17) is 5.53 Å². The monoisotopic (exact) mass is 163 g/mol. The molecule has 0 aromatic rings. The summed E-state index contributed by atoms with van der Waals surface area (Å²) in [6, 6.07) is 0. The highest BCUT2D eigenvalue weighted by Gasteiger charge is 1.47. The van der Waals surface area contributed by atoms with E-state index in [9.17, 15) is 0 Å². The lowest BCUT2D eigenvalue weighted by atomic mass is 10.7. The standard InChI is InChI=1S/C3H5N3.BrH/c1-2-3-5-6-4;/h2-3H,1H3;1H. The second kappa shape index (κ2) is 9.11. The predicted molar refractivity (Wildman–Crippen MR) is 34.3 cm³/mol. The molecule has 0 amide bonds. The van der Waals surface area contributed by atoms with Crippen molar-refractivity contribution < 1.29 is 0 Å². The Kier molecular flexibility index (Phi) is 12.7. The van der Waals surface area contributed by atoms with Crippen molar-refractivity contribution >= 4 is 17.0 Å². The molecule has 0 aliphatic rings. The molecule has 0 saturated carbocycles. The first-order valence-corrected chi connectivity index (χ1v) is 1.57. The Morgan fingerprint density at radius 3 is 2.43 bits per heavy atom. The summed E-state index contributed by atoms with van der Waals surface area (Å²) in [6.07, 6.45) is 3.06. The van der Waals surface area contributed by atoms with Gasteiger partial charge in [0.2, 0.25) is 0 Å². The van der Waals surface area contributed by atoms with Crippen LogP contribution >= 0.6 is 17.0 Å². The molecule has 0 unspecified atom stereocenters. The summed E-state index contributed by atoms with van der Waals surface area (Å²) in [5.41, 5.74) is 7.60. The average Bonchev–Trinajstić information content (AvgIpc) is 1.61. The summed E-state index contributed by atoms with van der Waals surface area (Å²) in [6.45, 7) is 1.79. The molecule has 0 radical (unpaired) electrons. The summed E-state index contributed by atoms with van der Waals surface area (Å²) < 4.78 is 0. The van der Waals surface area contributed by atoms with Crippen LogP contribution in [0.15, 0.2) is 17.4 Å². The molecule has 3 nitrogen and oxygen atoms in total. The number of allylic oxidation sites excluding steroid dienone is 1. The number of hydrogen-bond acceptors (Lipinski definition) is 1. The van der Waals surface area contributed by atoms with Gasteiger partial charge in [-0.3, -0.25) is 0 Å². The van der Waals surface area contributed by atoms with Gasteiger partial charge in [-0.2, -0.15) is 0 Å². The van der Waals surface area contributed by atoms with Gasteiger partial charge in [0, 0.05) is 4.91 Å². The van der Waals surface area contributed by atoms with Crippen LogP contribution in [-0.4, -0.2) is 0 Å². The predicted octanol–water partition coefficient (Wildman–Crippen LogP) is 2.41. The molecular weight excluding hydrogens is 158 g/mol. The molecule has 0 atom stereocenters. The van der Waals surface area contributed by atoms with Crippen LogP contribution < -0.4 is 0 Å². The summed E-state index contributed by atoms with van der Waals surface area (Å²) >= 11 is 0. The molecule has 0 heterocycles. The number of nitrogens with zero attached hydrogens (tertiary/aromatic N) is 3. The van der Waals surface area contributed by atoms with Crippen LogP contribution in [0.1, 0.15) is 6.92 Å². The van der Waals surface area contributed by atoms with Gasteiger partial charge in [-0.25, -0.2) is 0 Å². The second-order valence-electron chi connectivity index (χ2n) is 0.687. The largest absolute Gasteiger partial charge is 0.114 e. The minimum Gasteiger partial charge on any atom is -0.114 e. The zero-order chi connectivity index (χ0) is 4.83. The zero-order valence-electron chi connectivity index (χ0n) is 3.90. The van der Waals surface area contributed by atoms with E-state index in [-0.39, 0.29) is 17.0 Å². The normalized spacial score (nSPS) is 7.00. The first kappa shape index (κ1) is 9.73. The van der Waals surface area contributed by atoms with E-state index >= 15 is 0 Å². The summed E-state index contributed by atoms with van der Waals surface area (Å²) in [7, 11) is 0. The van der Waals surface area contributed by atoms with Crippen molar-refractivity contribution in [3.05, 3.63) is 22.7 Å². The van der Waals surface area contributed by atoms with Gasteiger partial charge < -0.3 is 0 Å². The second-order valence-corrected chi connectivity index (χ2v) is 0.687. The first-order valence-electron chi connectivity index (χ1n) is 1.57. The van der Waals surface area contributed by atoms with Crippen LogP contribution in [-0.2, 0) is 0 Å². The molecule has 0 fully saturated rings. The average molecular weight is 164 g/mol. The lowest BCUT2D eigenvalue weighted by Gasteiger charge is -1.55. The number of halogens is 1. The molecule has 0 bridgehead atoms. The minimum atomic E-state index is 0. The number of azide groups is 1. The van der Waals surface area contributed by atoms with Crippen molar-refractivity contribution in [1.29, 1.82) is 0 Å². The molecule has 0 aromatic heterocycles. The third-order valence-corrected chi connectivity index (χ3v) is 0.267. The summed E-state index contributed by atoms with van der Waals surface area (Å²) in [5.74, 6) is 0. The Morgan fingerprint density at radius 1 is 1.71 bits per heavy atom. The smallest absolute Gasteiger partial charge is 0.00474 e. The van der Waals surface area contributed by atoms with E-state index in [2.05, 4.69) is 10.0 Å². The van der Waals surface area contributed by atoms with Crippen molar-refractivity contribution in [3.8, 4) is 0 Å². The Bertz CT molecular complexity index is 92.4. The van der Waals surface area contributed by atoms with Gasteiger partial charge in [0.05, 0.1) is 0 Å². The summed E-state index contributed by atoms with van der Waals surface area (Å²) in [4.78, 5) is 2.46. The molecular formula is C3H6BrN3. The van der Waals surface area contributed by atoms with Crippen molar-refractivity contribution in [2.45, 2.75) is 6.92 Å². The van der Waals surface area contributed by atoms with E-state index < -0.39 is 0 Å². The molecule has 0 aliphatic heterocycles. The van der Waals surface area contributed by atoms with Crippen LogP contribution in [0.4, 0.5) is 0 Å². The lowest BCUT2D eigenvalue weighted by Crippen LogP contribution is -1.34. The lowest BCUT2D eigenvalue weighted by molar-refractivity contribution is 1.48. The summed E-state index contributed by atoms with van der Waals surface area (Å²) in [5, 5.41) is 3.09. The fourth-order valence-electron chi connectivity index (χ4n) is 0.0965. The highest BCUT2D eigenvalue weighted by molar-refractivity contribution is 8.93. The van der Waals surface area contributed by atoms with Crippen LogP contribution in [0.2, 0.25) is 0 Å². The van der Waals surface area contributed by atoms with E-state index in [1.807, 2.05) is 0 Å². The zero-order valence-corrected chi connectivity index (χ0v) is 5.62. The van der Waals surface area contributed by atoms with Gasteiger partial charge in [0.25, 0.3) is 0 Å². The van der Waals surface area contributed by atoms with Gasteiger partial charge in [-0.05, 0) is 18.7 Å². The third-order valence-electron chi connectivity index (χ3n) is 0.267. The van der Waals surface area contributed by atoms with Gasteiger partial charge >= 0.3 is 0 Å². The van der Waals surface area contributed by atoms with Gasteiger partial charge in [0.15, 0.2) is 0 Å². The fraction of sp³-hybridized carbons (Fsp3) is 0.333. The van der Waals surface area contributed by atoms with Crippen molar-refractivity contribution in [3.63, 3.8) is 0 Å². The van der Waals surface area contributed by atoms with Crippen molar-refractivity contribution in [2.24, 2.45) is 5.11 Å². The van der Waals surface area contributed by atoms with E-state index in [1.165, 1.54) is 6.20 Å². The SMILES string of the molecule is Br.CC=CN=[N+]=[N-]. The highest BCUT2D eigenvalue weighted by Crippen LogP contribution is 1.69. The fourth-order valence-corrected chi connectivity index (χ4v) is 0.0965. The Morgan fingerprint density at radius 2 is 2.29 bits per heavy atom. The maximum atomic E-state index is 7.60. The van der Waals surface area contributed by atoms with E-state index in [1.54, 1.807) is 13.0 Å². The Balaban J connectivity index is 0. The molecule has 0 aromatic carbocycles. The molecule has 0 aliphatic carbocycles. The molecule has 40 valence electrons. The molecule has 4 heteroatoms. The van der Waals surface area contributed by atoms with Crippen LogP contribution in [0, 0.1) is 0 Å². The first-order chi connectivity index (χ1) is 2.91. The minimum absolute atomic E-state index is 0. The molecule has 0 rings (SSSR count). The Hall–Kier alpha value is -0.470. The van der Waals surface area contributed by atoms with E-state index in [0.717, 1.165) is 0 Å². The van der Waals surface area contributed by atoms with Crippen LogP contribution in [0.5, 0.6) is 0 Å². The maximum absolute atomic E-state index is 7.60. The van der Waals surface area contributed by atoms with Crippen LogP contribution in [0.25, 0.3) is 10.4 Å². The van der Waals surface area contributed by atoms with Gasteiger partial charge in [-0.15, -0.1) is 17.0 Å². The molecule has 0 spiro atoms. The van der Waals surface area contributed by atoms with Crippen molar-refractivity contribution in [1.82, 2.24) is 0 Å². The number of rotatable bonds is 1.